The standard InChI is InChI=1S/C9H9N5O/c10-7-5-6(1-2-11-7)8(15)14-9-12-3-4-13-9/h1-5H,(H2,10,11)(H2,12,13,14,15). The Kier molecular flexibility index (Phi) is 2.32. The van der Waals surface area contributed by atoms with E-state index in [-0.39, 0.29) is 5.91 Å². The summed E-state index contributed by atoms with van der Waals surface area (Å²) in [4.78, 5) is 22.0. The summed E-state index contributed by atoms with van der Waals surface area (Å²) in [6.07, 6.45) is 4.65. The Labute approximate surface area is 85.6 Å². The second kappa shape index (κ2) is 3.79. The molecule has 4 N–H and O–H groups in total. The van der Waals surface area contributed by atoms with Gasteiger partial charge in [-0.05, 0) is 12.1 Å². The molecular weight excluding hydrogens is 194 g/mol. The van der Waals surface area contributed by atoms with Crippen LogP contribution in [0.15, 0.2) is 30.7 Å². The highest BCUT2D eigenvalue weighted by Gasteiger charge is 2.07. The summed E-state index contributed by atoms with van der Waals surface area (Å²) in [6, 6.07) is 3.08. The van der Waals surface area contributed by atoms with E-state index < -0.39 is 0 Å². The summed E-state index contributed by atoms with van der Waals surface area (Å²) < 4.78 is 0. The molecule has 0 radical (unpaired) electrons. The van der Waals surface area contributed by atoms with E-state index in [0.29, 0.717) is 17.3 Å². The molecule has 2 aromatic rings. The highest BCUT2D eigenvalue weighted by atomic mass is 16.1. The first kappa shape index (κ1) is 9.20. The molecule has 15 heavy (non-hydrogen) atoms. The molecule has 0 spiro atoms. The fourth-order valence-electron chi connectivity index (χ4n) is 1.10. The quantitative estimate of drug-likeness (QED) is 0.667. The third-order valence-electron chi connectivity index (χ3n) is 1.77. The molecule has 2 aromatic heterocycles. The Morgan fingerprint density at radius 2 is 2.27 bits per heavy atom. The van der Waals surface area contributed by atoms with Crippen molar-refractivity contribution in [3.05, 3.63) is 36.3 Å². The van der Waals surface area contributed by atoms with E-state index in [2.05, 4.69) is 20.3 Å². The lowest BCUT2D eigenvalue weighted by Crippen LogP contribution is -2.13. The molecule has 6 nitrogen and oxygen atoms in total. The van der Waals surface area contributed by atoms with Crippen molar-refractivity contribution in [3.8, 4) is 0 Å². The number of hydrogen-bond donors (Lipinski definition) is 3. The molecule has 0 aliphatic rings. The number of pyridine rings is 1. The van der Waals surface area contributed by atoms with Crippen LogP contribution >= 0.6 is 0 Å². The van der Waals surface area contributed by atoms with Gasteiger partial charge in [0, 0.05) is 24.2 Å². The first-order valence-electron chi connectivity index (χ1n) is 4.28. The van der Waals surface area contributed by atoms with Crippen LogP contribution in [0, 0.1) is 0 Å². The van der Waals surface area contributed by atoms with Crippen LogP contribution in [0.25, 0.3) is 0 Å². The zero-order chi connectivity index (χ0) is 10.7. The van der Waals surface area contributed by atoms with E-state index >= 15 is 0 Å². The van der Waals surface area contributed by atoms with Crippen LogP contribution < -0.4 is 11.1 Å². The van der Waals surface area contributed by atoms with Crippen LogP contribution in [-0.2, 0) is 0 Å². The number of nitrogens with one attached hydrogen (secondary N) is 2. The van der Waals surface area contributed by atoms with Crippen LogP contribution in [0.5, 0.6) is 0 Å². The Hall–Kier alpha value is -2.37. The third kappa shape index (κ3) is 2.11. The number of aromatic nitrogens is 3. The van der Waals surface area contributed by atoms with Crippen molar-refractivity contribution in [2.24, 2.45) is 0 Å². The summed E-state index contributed by atoms with van der Waals surface area (Å²) >= 11 is 0. The van der Waals surface area contributed by atoms with Crippen molar-refractivity contribution in [3.63, 3.8) is 0 Å². The molecule has 2 heterocycles. The molecule has 0 fully saturated rings. The van der Waals surface area contributed by atoms with Gasteiger partial charge >= 0.3 is 0 Å². The third-order valence-corrected chi connectivity index (χ3v) is 1.77. The van der Waals surface area contributed by atoms with Gasteiger partial charge in [-0.2, -0.15) is 0 Å². The van der Waals surface area contributed by atoms with Crippen molar-refractivity contribution in [2.45, 2.75) is 0 Å². The summed E-state index contributed by atoms with van der Waals surface area (Å²) in [6.45, 7) is 0. The molecular formula is C9H9N5O. The van der Waals surface area contributed by atoms with Gasteiger partial charge in [0.15, 0.2) is 0 Å². The second-order valence-electron chi connectivity index (χ2n) is 2.86. The van der Waals surface area contributed by atoms with Gasteiger partial charge in [-0.3, -0.25) is 10.1 Å². The van der Waals surface area contributed by atoms with Gasteiger partial charge in [0.05, 0.1) is 0 Å². The predicted octanol–water partition coefficient (Wildman–Crippen LogP) is 0.639. The fourth-order valence-corrected chi connectivity index (χ4v) is 1.10. The van der Waals surface area contributed by atoms with Crippen LogP contribution in [0.3, 0.4) is 0 Å². The zero-order valence-corrected chi connectivity index (χ0v) is 7.77. The molecule has 2 rings (SSSR count). The molecule has 76 valence electrons. The number of anilines is 2. The Morgan fingerprint density at radius 1 is 1.40 bits per heavy atom. The van der Waals surface area contributed by atoms with E-state index in [1.165, 1.54) is 12.3 Å². The SMILES string of the molecule is Nc1cc(C(=O)Nc2ncc[nH]2)ccn1. The molecule has 0 atom stereocenters. The van der Waals surface area contributed by atoms with Crippen LogP contribution in [0.2, 0.25) is 0 Å². The highest BCUT2D eigenvalue weighted by molar-refractivity contribution is 6.03. The number of nitrogens with two attached hydrogens (primary N) is 1. The number of H-pyrrole nitrogens is 1. The summed E-state index contributed by atoms with van der Waals surface area (Å²) in [5.41, 5.74) is 5.90. The molecule has 1 amide bonds. The molecule has 0 saturated heterocycles. The average Bonchev–Trinajstić information content (AvgIpc) is 2.70. The Morgan fingerprint density at radius 3 is 2.93 bits per heavy atom. The largest absolute Gasteiger partial charge is 0.384 e. The van der Waals surface area contributed by atoms with E-state index in [1.54, 1.807) is 18.5 Å². The van der Waals surface area contributed by atoms with Gasteiger partial charge < -0.3 is 10.7 Å². The summed E-state index contributed by atoms with van der Waals surface area (Å²) in [5.74, 6) is 0.427. The molecule has 6 heteroatoms. The lowest BCUT2D eigenvalue weighted by molar-refractivity contribution is 0.102. The van der Waals surface area contributed by atoms with Gasteiger partial charge in [0.1, 0.15) is 5.82 Å². The summed E-state index contributed by atoms with van der Waals surface area (Å²) in [7, 11) is 0. The molecule has 0 unspecified atom stereocenters. The van der Waals surface area contributed by atoms with Crippen molar-refractivity contribution >= 4 is 17.7 Å². The van der Waals surface area contributed by atoms with Crippen molar-refractivity contribution in [1.29, 1.82) is 0 Å². The minimum atomic E-state index is -0.279. The summed E-state index contributed by atoms with van der Waals surface area (Å²) in [5, 5.41) is 2.58. The lowest BCUT2D eigenvalue weighted by Gasteiger charge is -2.01. The minimum absolute atomic E-state index is 0.279. The van der Waals surface area contributed by atoms with Crippen molar-refractivity contribution in [1.82, 2.24) is 15.0 Å². The molecule has 0 aromatic carbocycles. The molecule has 0 aliphatic heterocycles. The van der Waals surface area contributed by atoms with E-state index in [4.69, 9.17) is 5.73 Å². The number of amides is 1. The highest BCUT2D eigenvalue weighted by Crippen LogP contribution is 2.05. The topological polar surface area (TPSA) is 96.7 Å². The lowest BCUT2D eigenvalue weighted by atomic mass is 10.2. The van der Waals surface area contributed by atoms with E-state index in [9.17, 15) is 4.79 Å². The number of aromatic amines is 1. The molecule has 0 bridgehead atoms. The normalized spacial score (nSPS) is 9.87. The zero-order valence-electron chi connectivity index (χ0n) is 7.77. The number of carbonyl (C=O) groups is 1. The maximum Gasteiger partial charge on any atom is 0.258 e. The second-order valence-corrected chi connectivity index (χ2v) is 2.86. The van der Waals surface area contributed by atoms with Gasteiger partial charge in [-0.25, -0.2) is 9.97 Å². The number of nitrogens with zero attached hydrogens (tertiary/aromatic N) is 2. The number of nitrogen functional groups attached to an aromatic ring is 1. The van der Waals surface area contributed by atoms with Crippen molar-refractivity contribution < 1.29 is 4.79 Å². The maximum atomic E-state index is 11.6. The van der Waals surface area contributed by atoms with Gasteiger partial charge in [-0.1, -0.05) is 0 Å². The maximum absolute atomic E-state index is 11.6. The van der Waals surface area contributed by atoms with Crippen LogP contribution in [0.4, 0.5) is 11.8 Å². The smallest absolute Gasteiger partial charge is 0.258 e. The van der Waals surface area contributed by atoms with Gasteiger partial charge in [0.2, 0.25) is 5.95 Å². The molecule has 0 aliphatic carbocycles. The average molecular weight is 203 g/mol. The van der Waals surface area contributed by atoms with E-state index in [1.807, 2.05) is 0 Å². The van der Waals surface area contributed by atoms with Crippen molar-refractivity contribution in [2.75, 3.05) is 11.1 Å². The Balaban J connectivity index is 2.15. The molecule has 0 saturated carbocycles. The van der Waals surface area contributed by atoms with Crippen LogP contribution in [-0.4, -0.2) is 20.9 Å². The first-order chi connectivity index (χ1) is 7.25. The van der Waals surface area contributed by atoms with Crippen LogP contribution in [0.1, 0.15) is 10.4 Å². The Bertz CT molecular complexity index is 465. The fraction of sp³-hybridized carbons (Fsp3) is 0. The number of hydrogen-bond acceptors (Lipinski definition) is 4. The number of rotatable bonds is 2. The van der Waals surface area contributed by atoms with Gasteiger partial charge in [-0.15, -0.1) is 0 Å². The monoisotopic (exact) mass is 203 g/mol. The first-order valence-corrected chi connectivity index (χ1v) is 4.28. The van der Waals surface area contributed by atoms with E-state index in [0.717, 1.165) is 0 Å². The minimum Gasteiger partial charge on any atom is -0.384 e. The van der Waals surface area contributed by atoms with Gasteiger partial charge in [0.25, 0.3) is 5.91 Å². The predicted molar refractivity (Wildman–Crippen MR) is 55.2 cm³/mol. The number of carbonyl (C=O) groups excluding carboxylic acids is 1. The number of imidazole rings is 1.